The number of nitrogens with one attached hydrogen (secondary N) is 1. The van der Waals surface area contributed by atoms with Crippen LogP contribution in [0.4, 0.5) is 11.5 Å². The van der Waals surface area contributed by atoms with Gasteiger partial charge in [0.2, 0.25) is 5.88 Å². The van der Waals surface area contributed by atoms with Gasteiger partial charge in [-0.2, -0.15) is 5.10 Å². The van der Waals surface area contributed by atoms with Crippen LogP contribution in [-0.4, -0.2) is 73.5 Å². The van der Waals surface area contributed by atoms with Gasteiger partial charge in [-0.15, -0.1) is 0 Å². The van der Waals surface area contributed by atoms with E-state index in [1.807, 2.05) is 39.1 Å². The Morgan fingerprint density at radius 1 is 1.12 bits per heavy atom. The Balaban J connectivity index is 1.22. The smallest absolute Gasteiger partial charge is 0.223 e. The van der Waals surface area contributed by atoms with Crippen molar-refractivity contribution in [2.45, 2.75) is 45.3 Å². The van der Waals surface area contributed by atoms with Crippen LogP contribution in [0.15, 0.2) is 42.9 Å². The van der Waals surface area contributed by atoms with Gasteiger partial charge in [0.25, 0.3) is 0 Å². The van der Waals surface area contributed by atoms with Gasteiger partial charge in [0, 0.05) is 56.7 Å². The topological polar surface area (TPSA) is 129 Å². The highest BCUT2D eigenvalue weighted by atomic mass is 35.5. The predicted molar refractivity (Wildman–Crippen MR) is 160 cm³/mol. The third-order valence-electron chi connectivity index (χ3n) is 7.10. The van der Waals surface area contributed by atoms with Crippen LogP contribution in [0.2, 0.25) is 5.15 Å². The van der Waals surface area contributed by atoms with Crippen molar-refractivity contribution in [3.8, 4) is 34.3 Å². The number of nitrogen functional groups attached to an aromatic ring is 1. The van der Waals surface area contributed by atoms with Gasteiger partial charge in [-0.3, -0.25) is 4.98 Å². The number of ether oxygens (including phenoxy) is 2. The fourth-order valence-corrected chi connectivity index (χ4v) is 5.02. The van der Waals surface area contributed by atoms with Crippen molar-refractivity contribution >= 4 is 23.1 Å². The molecule has 12 heteroatoms. The number of hydrogen-bond acceptors (Lipinski definition) is 10. The zero-order valence-corrected chi connectivity index (χ0v) is 24.6. The van der Waals surface area contributed by atoms with Gasteiger partial charge < -0.3 is 25.4 Å². The lowest BCUT2D eigenvalue weighted by Gasteiger charge is -2.29. The summed E-state index contributed by atoms with van der Waals surface area (Å²) < 4.78 is 14.2. The monoisotopic (exact) mass is 577 g/mol. The fraction of sp³-hybridized carbons (Fsp3) is 0.414. The molecule has 0 amide bonds. The summed E-state index contributed by atoms with van der Waals surface area (Å²) in [5, 5.41) is 8.40. The van der Waals surface area contributed by atoms with Gasteiger partial charge in [-0.1, -0.05) is 11.6 Å². The minimum atomic E-state index is -0.132. The first-order valence-electron chi connectivity index (χ1n) is 13.8. The van der Waals surface area contributed by atoms with E-state index in [4.69, 9.17) is 26.8 Å². The largest absolute Gasteiger partial charge is 0.489 e. The normalized spacial score (nSPS) is 15.0. The molecule has 1 aliphatic rings. The number of aryl methyl sites for hydroxylation is 2. The summed E-state index contributed by atoms with van der Waals surface area (Å²) in [6.45, 7) is 6.64. The van der Waals surface area contributed by atoms with E-state index in [2.05, 4.69) is 42.3 Å². The molecule has 1 saturated heterocycles. The van der Waals surface area contributed by atoms with Crippen molar-refractivity contribution in [3.63, 3.8) is 0 Å². The van der Waals surface area contributed by atoms with Crippen LogP contribution in [0.5, 0.6) is 11.6 Å². The summed E-state index contributed by atoms with van der Waals surface area (Å²) in [6, 6.07) is 7.38. The fourth-order valence-electron chi connectivity index (χ4n) is 4.87. The van der Waals surface area contributed by atoms with E-state index in [0.29, 0.717) is 35.6 Å². The number of pyridine rings is 2. The van der Waals surface area contributed by atoms with Crippen molar-refractivity contribution in [1.29, 1.82) is 0 Å². The Bertz CT molecular complexity index is 1470. The number of nitrogens with two attached hydrogens (primary N) is 1. The Labute approximate surface area is 245 Å². The van der Waals surface area contributed by atoms with Crippen LogP contribution in [-0.2, 0) is 7.05 Å². The molecular weight excluding hydrogens is 542 g/mol. The molecule has 5 heterocycles. The molecule has 3 N–H and O–H groups in total. The van der Waals surface area contributed by atoms with Crippen molar-refractivity contribution in [2.24, 2.45) is 7.05 Å². The molecule has 1 fully saturated rings. The average Bonchev–Trinajstić information content (AvgIpc) is 3.22. The third-order valence-corrected chi connectivity index (χ3v) is 7.31. The van der Waals surface area contributed by atoms with Crippen molar-refractivity contribution in [2.75, 3.05) is 37.7 Å². The first kappa shape index (κ1) is 28.6. The molecule has 5 rings (SSSR count). The quantitative estimate of drug-likeness (QED) is 0.257. The third kappa shape index (κ3) is 7.04. The molecule has 41 heavy (non-hydrogen) atoms. The van der Waals surface area contributed by atoms with Crippen LogP contribution in [0.1, 0.15) is 31.9 Å². The van der Waals surface area contributed by atoms with Gasteiger partial charge >= 0.3 is 0 Å². The van der Waals surface area contributed by atoms with Crippen LogP contribution in [0.3, 0.4) is 0 Å². The van der Waals surface area contributed by atoms with Crippen LogP contribution in [0, 0.1) is 6.92 Å². The molecular formula is C29H36ClN9O2. The molecule has 0 aliphatic carbocycles. The molecule has 0 radical (unpaired) electrons. The molecule has 0 spiro atoms. The van der Waals surface area contributed by atoms with Crippen molar-refractivity contribution in [1.82, 2.24) is 34.6 Å². The maximum Gasteiger partial charge on any atom is 0.223 e. The van der Waals surface area contributed by atoms with E-state index < -0.39 is 0 Å². The number of hydrogen-bond donors (Lipinski definition) is 2. The van der Waals surface area contributed by atoms with Gasteiger partial charge in [-0.05, 0) is 58.0 Å². The number of nitrogens with zero attached hydrogens (tertiary/aromatic N) is 7. The van der Waals surface area contributed by atoms with Gasteiger partial charge in [-0.25, -0.2) is 19.6 Å². The van der Waals surface area contributed by atoms with E-state index in [-0.39, 0.29) is 12.2 Å². The molecule has 216 valence electrons. The van der Waals surface area contributed by atoms with E-state index in [1.54, 1.807) is 29.3 Å². The molecule has 4 aromatic heterocycles. The summed E-state index contributed by atoms with van der Waals surface area (Å²) >= 11 is 6.25. The summed E-state index contributed by atoms with van der Waals surface area (Å²) in [5.74, 6) is 2.25. The molecule has 0 aromatic carbocycles. The van der Waals surface area contributed by atoms with Gasteiger partial charge in [0.15, 0.2) is 5.82 Å². The predicted octanol–water partition coefficient (Wildman–Crippen LogP) is 4.62. The molecule has 1 atom stereocenters. The average molecular weight is 578 g/mol. The number of anilines is 2. The van der Waals surface area contributed by atoms with Crippen molar-refractivity contribution < 1.29 is 9.47 Å². The Morgan fingerprint density at radius 2 is 1.93 bits per heavy atom. The van der Waals surface area contributed by atoms with Crippen LogP contribution in [0.25, 0.3) is 22.6 Å². The second-order valence-corrected chi connectivity index (χ2v) is 10.8. The zero-order valence-electron chi connectivity index (χ0n) is 23.8. The summed E-state index contributed by atoms with van der Waals surface area (Å²) in [6.07, 6.45) is 7.98. The van der Waals surface area contributed by atoms with Gasteiger partial charge in [0.05, 0.1) is 23.7 Å². The second-order valence-electron chi connectivity index (χ2n) is 10.4. The van der Waals surface area contributed by atoms with Crippen molar-refractivity contribution in [3.05, 3.63) is 53.7 Å². The SMILES string of the molecule is Cc1nn(C)c(O[C@@H](C)CCNc2cc(Cl)ncc2-c2ccc(OC3CCN(C)CC3)cn2)c1-c1nccc(N)n1. The summed E-state index contributed by atoms with van der Waals surface area (Å²) in [7, 11) is 3.98. The highest BCUT2D eigenvalue weighted by Gasteiger charge is 2.22. The maximum absolute atomic E-state index is 6.32. The van der Waals surface area contributed by atoms with E-state index in [9.17, 15) is 0 Å². The van der Waals surface area contributed by atoms with Crippen LogP contribution >= 0.6 is 11.6 Å². The highest BCUT2D eigenvalue weighted by Crippen LogP contribution is 2.32. The van der Waals surface area contributed by atoms with E-state index >= 15 is 0 Å². The minimum Gasteiger partial charge on any atom is -0.489 e. The minimum absolute atomic E-state index is 0.132. The summed E-state index contributed by atoms with van der Waals surface area (Å²) in [5.41, 5.74) is 9.88. The van der Waals surface area contributed by atoms with Gasteiger partial charge in [0.1, 0.15) is 28.4 Å². The zero-order chi connectivity index (χ0) is 28.9. The molecule has 0 saturated carbocycles. The second kappa shape index (κ2) is 12.7. The maximum atomic E-state index is 6.32. The Hall–Kier alpha value is -3.96. The van der Waals surface area contributed by atoms with E-state index in [0.717, 1.165) is 59.9 Å². The molecule has 11 nitrogen and oxygen atoms in total. The molecule has 1 aliphatic heterocycles. The lowest BCUT2D eigenvalue weighted by atomic mass is 10.1. The first-order valence-corrected chi connectivity index (χ1v) is 14.1. The molecule has 0 bridgehead atoms. The number of rotatable bonds is 10. The first-order chi connectivity index (χ1) is 19.8. The summed E-state index contributed by atoms with van der Waals surface area (Å²) in [4.78, 5) is 20.0. The lowest BCUT2D eigenvalue weighted by Crippen LogP contribution is -2.35. The number of piperidine rings is 1. The van der Waals surface area contributed by atoms with E-state index in [1.165, 1.54) is 0 Å². The highest BCUT2D eigenvalue weighted by molar-refractivity contribution is 6.29. The Morgan fingerprint density at radius 3 is 2.66 bits per heavy atom. The lowest BCUT2D eigenvalue weighted by molar-refractivity contribution is 0.114. The number of aromatic nitrogens is 6. The van der Waals surface area contributed by atoms with Crippen LogP contribution < -0.4 is 20.5 Å². The standard InChI is InChI=1S/C29H36ClN9O2/c1-18(40-29-27(19(2)37-39(29)4)28-33-12-8-26(31)36-28)7-11-32-24-15-25(30)35-17-22(24)23-6-5-21(16-34-23)41-20-9-13-38(3)14-10-20/h5-6,8,12,15-18,20H,7,9-11,13-14H2,1-4H3,(H,32,35)(H2,31,33,36)/t18-/m0/s1. The number of halogens is 1. The Kier molecular flexibility index (Phi) is 8.84. The molecule has 0 unspecified atom stereocenters. The number of likely N-dealkylation sites (tertiary alicyclic amines) is 1. The molecule has 4 aromatic rings.